The highest BCUT2D eigenvalue weighted by atomic mass is 35.5. The molecule has 3 aliphatic rings. The fourth-order valence-corrected chi connectivity index (χ4v) is 8.08. The quantitative estimate of drug-likeness (QED) is 0.127. The Bertz CT molecular complexity index is 2110. The summed E-state index contributed by atoms with van der Waals surface area (Å²) in [4.78, 5) is 38.9. The van der Waals surface area contributed by atoms with Crippen LogP contribution in [-0.2, 0) is 35.3 Å². The second kappa shape index (κ2) is 16.6. The van der Waals surface area contributed by atoms with Gasteiger partial charge in [-0.2, -0.15) is 18.2 Å². The summed E-state index contributed by atoms with van der Waals surface area (Å²) >= 11 is 7.10. The lowest BCUT2D eigenvalue weighted by molar-refractivity contribution is -0.137. The molecule has 0 spiro atoms. The average molecular weight is 793 g/mol. The minimum absolute atomic E-state index is 0.0279. The molecule has 2 atom stereocenters. The van der Waals surface area contributed by atoms with E-state index >= 15 is 0 Å². The van der Waals surface area contributed by atoms with Gasteiger partial charge in [0.15, 0.2) is 0 Å². The normalized spacial score (nSPS) is 18.5. The number of pyridine rings is 3. The standard InChI is InChI=1S/C40H44ClF3N8O4/c1-22(53)52-17-14-25(15-18-52)46-20-23-7-9-32(49-38(23)55-2)29-13-16-45-36(35(29)41)28-6-4-5-27-26(28)8-10-31(27)48-37-30(40(42,43)44)19-24(39(51-37)56-3)21-47-33-11-12-34(54)50-33/h4-7,9,13,16,19,25,31,33,46-47H,8,10-12,14-15,17-18,20-21H2,1-3H3,(H,48,51)(H,50,54)/t31-,33+/m0/s1. The van der Waals surface area contributed by atoms with Crippen LogP contribution in [0.2, 0.25) is 5.02 Å². The summed E-state index contributed by atoms with van der Waals surface area (Å²) in [6.45, 7) is 3.64. The second-order valence-electron chi connectivity index (χ2n) is 14.2. The van der Waals surface area contributed by atoms with Crippen LogP contribution < -0.4 is 30.7 Å². The molecule has 4 N–H and O–H groups in total. The summed E-state index contributed by atoms with van der Waals surface area (Å²) in [6.07, 6.45) is 0.356. The molecular weight excluding hydrogens is 749 g/mol. The van der Waals surface area contributed by atoms with Gasteiger partial charge in [-0.25, -0.2) is 4.98 Å². The Kier molecular flexibility index (Phi) is 11.7. The van der Waals surface area contributed by atoms with E-state index in [0.29, 0.717) is 60.1 Å². The maximum atomic E-state index is 14.5. The molecule has 1 aromatic carbocycles. The summed E-state index contributed by atoms with van der Waals surface area (Å²) in [5.74, 6) is 0.184. The molecule has 56 heavy (non-hydrogen) atoms. The maximum Gasteiger partial charge on any atom is 0.419 e. The Balaban J connectivity index is 1.11. The van der Waals surface area contributed by atoms with Crippen molar-refractivity contribution in [3.05, 3.63) is 81.5 Å². The average Bonchev–Trinajstić information content (AvgIpc) is 3.81. The molecule has 2 aliphatic heterocycles. The number of methoxy groups -OCH3 is 2. The number of piperidine rings is 1. The van der Waals surface area contributed by atoms with Gasteiger partial charge >= 0.3 is 6.18 Å². The zero-order valence-corrected chi connectivity index (χ0v) is 32.1. The number of benzene rings is 1. The number of fused-ring (bicyclic) bond motifs is 1. The van der Waals surface area contributed by atoms with Crippen LogP contribution in [0.4, 0.5) is 19.0 Å². The molecule has 0 radical (unpaired) electrons. The summed E-state index contributed by atoms with van der Waals surface area (Å²) < 4.78 is 54.6. The lowest BCUT2D eigenvalue weighted by atomic mass is 9.98. The van der Waals surface area contributed by atoms with Gasteiger partial charge in [0.2, 0.25) is 23.6 Å². The van der Waals surface area contributed by atoms with Crippen LogP contribution in [-0.4, -0.2) is 71.2 Å². The van der Waals surface area contributed by atoms with E-state index in [1.165, 1.54) is 7.11 Å². The first-order valence-electron chi connectivity index (χ1n) is 18.7. The molecule has 1 aliphatic carbocycles. The molecule has 4 aromatic rings. The number of ether oxygens (including phenoxy) is 2. The summed E-state index contributed by atoms with van der Waals surface area (Å²) in [5, 5.41) is 12.9. The molecule has 2 saturated heterocycles. The molecule has 296 valence electrons. The summed E-state index contributed by atoms with van der Waals surface area (Å²) in [6, 6.07) is 12.2. The van der Waals surface area contributed by atoms with Crippen molar-refractivity contribution in [3.8, 4) is 34.3 Å². The van der Waals surface area contributed by atoms with Crippen molar-refractivity contribution < 1.29 is 32.2 Å². The number of hydrogen-bond acceptors (Lipinski definition) is 10. The number of likely N-dealkylation sites (tertiary alicyclic amines) is 1. The molecule has 12 nitrogen and oxygen atoms in total. The van der Waals surface area contributed by atoms with E-state index in [-0.39, 0.29) is 47.8 Å². The van der Waals surface area contributed by atoms with Gasteiger partial charge < -0.3 is 30.3 Å². The van der Waals surface area contributed by atoms with Crippen LogP contribution in [0.25, 0.3) is 22.5 Å². The molecule has 2 fully saturated rings. The van der Waals surface area contributed by atoms with Crippen molar-refractivity contribution in [3.63, 3.8) is 0 Å². The number of amides is 2. The molecule has 2 amide bonds. The van der Waals surface area contributed by atoms with Gasteiger partial charge in [-0.3, -0.25) is 19.9 Å². The van der Waals surface area contributed by atoms with Gasteiger partial charge in [0.1, 0.15) is 5.82 Å². The molecular formula is C40H44ClF3N8O4. The molecule has 16 heteroatoms. The number of rotatable bonds is 12. The number of anilines is 1. The number of hydrogen-bond donors (Lipinski definition) is 4. The third kappa shape index (κ3) is 8.39. The van der Waals surface area contributed by atoms with Crippen molar-refractivity contribution in [1.82, 2.24) is 35.8 Å². The van der Waals surface area contributed by atoms with E-state index in [1.54, 1.807) is 26.3 Å². The number of alkyl halides is 3. The first-order chi connectivity index (χ1) is 26.9. The van der Waals surface area contributed by atoms with Gasteiger partial charge in [-0.15, -0.1) is 0 Å². The van der Waals surface area contributed by atoms with Gasteiger partial charge in [-0.05, 0) is 61.4 Å². The predicted molar refractivity (Wildman–Crippen MR) is 205 cm³/mol. The van der Waals surface area contributed by atoms with Crippen molar-refractivity contribution in [2.24, 2.45) is 0 Å². The Hall–Kier alpha value is -4.99. The highest BCUT2D eigenvalue weighted by molar-refractivity contribution is 6.35. The summed E-state index contributed by atoms with van der Waals surface area (Å²) in [5.41, 5.74) is 4.54. The Morgan fingerprint density at radius 3 is 2.39 bits per heavy atom. The van der Waals surface area contributed by atoms with Crippen molar-refractivity contribution in [2.45, 2.75) is 83.0 Å². The lowest BCUT2D eigenvalue weighted by Crippen LogP contribution is -2.44. The molecule has 5 heterocycles. The monoisotopic (exact) mass is 792 g/mol. The van der Waals surface area contributed by atoms with E-state index in [2.05, 4.69) is 31.2 Å². The third-order valence-electron chi connectivity index (χ3n) is 10.8. The van der Waals surface area contributed by atoms with E-state index in [4.69, 9.17) is 26.1 Å². The van der Waals surface area contributed by atoms with Crippen molar-refractivity contribution in [2.75, 3.05) is 32.6 Å². The molecule has 0 saturated carbocycles. The van der Waals surface area contributed by atoms with Crippen LogP contribution in [0.3, 0.4) is 0 Å². The van der Waals surface area contributed by atoms with E-state index in [9.17, 15) is 22.8 Å². The van der Waals surface area contributed by atoms with Crippen LogP contribution in [0.1, 0.15) is 72.9 Å². The number of aromatic nitrogens is 3. The fraction of sp³-hybridized carbons (Fsp3) is 0.425. The molecule has 3 aromatic heterocycles. The number of halogens is 4. The Labute approximate surface area is 327 Å². The number of nitrogens with zero attached hydrogens (tertiary/aromatic N) is 4. The van der Waals surface area contributed by atoms with Crippen molar-refractivity contribution >= 4 is 29.2 Å². The molecule has 0 bridgehead atoms. The highest BCUT2D eigenvalue weighted by Crippen LogP contribution is 2.44. The minimum atomic E-state index is -4.69. The summed E-state index contributed by atoms with van der Waals surface area (Å²) in [7, 11) is 2.94. The zero-order chi connectivity index (χ0) is 39.6. The van der Waals surface area contributed by atoms with Crippen LogP contribution >= 0.6 is 11.6 Å². The topological polar surface area (TPSA) is 143 Å². The largest absolute Gasteiger partial charge is 0.481 e. The van der Waals surface area contributed by atoms with Gasteiger partial charge in [-0.1, -0.05) is 35.9 Å². The smallest absolute Gasteiger partial charge is 0.419 e. The number of carbonyl (C=O) groups is 2. The van der Waals surface area contributed by atoms with Crippen LogP contribution in [0.5, 0.6) is 11.8 Å². The van der Waals surface area contributed by atoms with Gasteiger partial charge in [0.25, 0.3) is 0 Å². The highest BCUT2D eigenvalue weighted by Gasteiger charge is 2.38. The van der Waals surface area contributed by atoms with Gasteiger partial charge in [0, 0.05) is 74.0 Å². The predicted octanol–water partition coefficient (Wildman–Crippen LogP) is 6.42. The van der Waals surface area contributed by atoms with Gasteiger partial charge in [0.05, 0.1) is 48.4 Å². The number of carbonyl (C=O) groups excluding carboxylic acids is 2. The fourth-order valence-electron chi connectivity index (χ4n) is 7.77. The number of nitrogens with one attached hydrogen (secondary N) is 4. The van der Waals surface area contributed by atoms with E-state index < -0.39 is 17.8 Å². The minimum Gasteiger partial charge on any atom is -0.481 e. The second-order valence-corrected chi connectivity index (χ2v) is 14.6. The van der Waals surface area contributed by atoms with Crippen LogP contribution in [0.15, 0.2) is 48.7 Å². The van der Waals surface area contributed by atoms with Crippen molar-refractivity contribution in [1.29, 1.82) is 0 Å². The Morgan fingerprint density at radius 1 is 0.946 bits per heavy atom. The first kappa shape index (κ1) is 39.3. The first-order valence-corrected chi connectivity index (χ1v) is 19.1. The van der Waals surface area contributed by atoms with E-state index in [0.717, 1.165) is 54.3 Å². The SMILES string of the molecule is COc1nc(-c2ccnc(-c3cccc4c3CC[C@@H]4Nc3nc(OC)c(CN[C@H]4CCC(=O)N4)cc3C(F)(F)F)c2Cl)ccc1CNC1CCN(C(C)=O)CC1. The lowest BCUT2D eigenvalue weighted by Gasteiger charge is -2.31. The molecule has 0 unspecified atom stereocenters. The Morgan fingerprint density at radius 2 is 1.70 bits per heavy atom. The van der Waals surface area contributed by atoms with Crippen LogP contribution in [0, 0.1) is 0 Å². The van der Waals surface area contributed by atoms with E-state index in [1.807, 2.05) is 35.2 Å². The maximum absolute atomic E-state index is 14.5. The zero-order valence-electron chi connectivity index (χ0n) is 31.4. The molecule has 7 rings (SSSR count). The third-order valence-corrected chi connectivity index (χ3v) is 11.1.